The van der Waals surface area contributed by atoms with Gasteiger partial charge in [0.15, 0.2) is 5.82 Å². The lowest BCUT2D eigenvalue weighted by Gasteiger charge is -2.10. The van der Waals surface area contributed by atoms with Gasteiger partial charge in [0, 0.05) is 30.4 Å². The standard InChI is InChI=1S/C14H19N3OS/c1-11(2)10-17-8-7-16-13(14(17)18)15-6-5-12-4-3-9-19-12/h3-4,7-9,11H,5-6,10H2,1-2H3,(H,15,16). The normalized spacial score (nSPS) is 10.9. The monoisotopic (exact) mass is 277 g/mol. The molecule has 0 unspecified atom stereocenters. The van der Waals surface area contributed by atoms with Gasteiger partial charge in [-0.25, -0.2) is 4.98 Å². The first kappa shape index (κ1) is 13.8. The van der Waals surface area contributed by atoms with E-state index in [0.29, 0.717) is 11.7 Å². The maximum absolute atomic E-state index is 12.1. The number of hydrogen-bond donors (Lipinski definition) is 1. The largest absolute Gasteiger partial charge is 0.365 e. The molecule has 2 aromatic rings. The first-order valence-corrected chi connectivity index (χ1v) is 7.36. The molecule has 2 rings (SSSR count). The van der Waals surface area contributed by atoms with Gasteiger partial charge in [0.05, 0.1) is 0 Å². The Hall–Kier alpha value is -1.62. The van der Waals surface area contributed by atoms with Crippen LogP contribution in [0.4, 0.5) is 5.82 Å². The first-order valence-electron chi connectivity index (χ1n) is 6.48. The first-order chi connectivity index (χ1) is 9.16. The summed E-state index contributed by atoms with van der Waals surface area (Å²) >= 11 is 1.73. The highest BCUT2D eigenvalue weighted by atomic mass is 32.1. The topological polar surface area (TPSA) is 46.9 Å². The summed E-state index contributed by atoms with van der Waals surface area (Å²) in [6, 6.07) is 4.14. The summed E-state index contributed by atoms with van der Waals surface area (Å²) < 4.78 is 1.71. The molecule has 0 spiro atoms. The summed E-state index contributed by atoms with van der Waals surface area (Å²) in [5, 5.41) is 5.19. The molecule has 0 aliphatic carbocycles. The maximum atomic E-state index is 12.1. The average molecular weight is 277 g/mol. The van der Waals surface area contributed by atoms with Crippen LogP contribution in [0.3, 0.4) is 0 Å². The second-order valence-electron chi connectivity index (χ2n) is 4.88. The van der Waals surface area contributed by atoms with E-state index in [1.54, 1.807) is 28.3 Å². The number of hydrogen-bond acceptors (Lipinski definition) is 4. The van der Waals surface area contributed by atoms with Crippen LogP contribution in [0.1, 0.15) is 18.7 Å². The van der Waals surface area contributed by atoms with Gasteiger partial charge in [0.25, 0.3) is 5.56 Å². The molecule has 19 heavy (non-hydrogen) atoms. The minimum atomic E-state index is -0.0395. The molecule has 2 heterocycles. The van der Waals surface area contributed by atoms with Crippen LogP contribution in [-0.2, 0) is 13.0 Å². The van der Waals surface area contributed by atoms with Crippen LogP contribution in [0.2, 0.25) is 0 Å². The van der Waals surface area contributed by atoms with E-state index < -0.39 is 0 Å². The highest BCUT2D eigenvalue weighted by Gasteiger charge is 2.05. The molecule has 0 fully saturated rings. The van der Waals surface area contributed by atoms with Gasteiger partial charge in [0.2, 0.25) is 0 Å². The van der Waals surface area contributed by atoms with Crippen LogP contribution in [0.15, 0.2) is 34.7 Å². The number of nitrogens with zero attached hydrogens (tertiary/aromatic N) is 2. The van der Waals surface area contributed by atoms with Crippen molar-refractivity contribution in [1.82, 2.24) is 9.55 Å². The molecular weight excluding hydrogens is 258 g/mol. The van der Waals surface area contributed by atoms with Crippen molar-refractivity contribution in [3.05, 3.63) is 45.1 Å². The smallest absolute Gasteiger partial charge is 0.293 e. The molecular formula is C14H19N3OS. The van der Waals surface area contributed by atoms with Crippen LogP contribution < -0.4 is 10.9 Å². The minimum absolute atomic E-state index is 0.0395. The summed E-state index contributed by atoms with van der Waals surface area (Å²) in [6.45, 7) is 5.64. The molecule has 0 radical (unpaired) electrons. The van der Waals surface area contributed by atoms with Crippen LogP contribution in [0, 0.1) is 5.92 Å². The van der Waals surface area contributed by atoms with Crippen LogP contribution in [0.5, 0.6) is 0 Å². The maximum Gasteiger partial charge on any atom is 0.293 e. The fourth-order valence-electron chi connectivity index (χ4n) is 1.86. The summed E-state index contributed by atoms with van der Waals surface area (Å²) in [5.74, 6) is 0.888. The van der Waals surface area contributed by atoms with Crippen molar-refractivity contribution >= 4 is 17.2 Å². The predicted octanol–water partition coefficient (Wildman–Crippen LogP) is 2.62. The quantitative estimate of drug-likeness (QED) is 0.883. The number of thiophene rings is 1. The van der Waals surface area contributed by atoms with E-state index in [1.165, 1.54) is 4.88 Å². The zero-order valence-electron chi connectivity index (χ0n) is 11.3. The Morgan fingerprint density at radius 1 is 1.47 bits per heavy atom. The van der Waals surface area contributed by atoms with Gasteiger partial charge in [0.1, 0.15) is 0 Å². The van der Waals surface area contributed by atoms with E-state index in [9.17, 15) is 4.79 Å². The third-order valence-corrected chi connectivity index (χ3v) is 3.66. The third kappa shape index (κ3) is 3.92. The van der Waals surface area contributed by atoms with Gasteiger partial charge >= 0.3 is 0 Å². The molecule has 1 N–H and O–H groups in total. The van der Waals surface area contributed by atoms with E-state index in [4.69, 9.17) is 0 Å². The van der Waals surface area contributed by atoms with Gasteiger partial charge < -0.3 is 9.88 Å². The zero-order valence-corrected chi connectivity index (χ0v) is 12.1. The minimum Gasteiger partial charge on any atom is -0.365 e. The van der Waals surface area contributed by atoms with Crippen molar-refractivity contribution in [1.29, 1.82) is 0 Å². The highest BCUT2D eigenvalue weighted by molar-refractivity contribution is 7.09. The van der Waals surface area contributed by atoms with Gasteiger partial charge in [-0.1, -0.05) is 19.9 Å². The average Bonchev–Trinajstić information content (AvgIpc) is 2.86. The van der Waals surface area contributed by atoms with Crippen molar-refractivity contribution < 1.29 is 0 Å². The number of anilines is 1. The molecule has 0 saturated heterocycles. The Bertz CT molecular complexity index is 560. The van der Waals surface area contributed by atoms with Crippen molar-refractivity contribution in [2.45, 2.75) is 26.8 Å². The molecule has 0 aliphatic rings. The van der Waals surface area contributed by atoms with Crippen LogP contribution in [-0.4, -0.2) is 16.1 Å². The van der Waals surface area contributed by atoms with E-state index in [2.05, 4.69) is 35.6 Å². The Balaban J connectivity index is 1.98. The Kier molecular flexibility index (Phi) is 4.74. The summed E-state index contributed by atoms with van der Waals surface area (Å²) in [4.78, 5) is 17.6. The molecule has 0 bridgehead atoms. The summed E-state index contributed by atoms with van der Waals surface area (Å²) in [6.07, 6.45) is 4.34. The van der Waals surface area contributed by atoms with Crippen LogP contribution >= 0.6 is 11.3 Å². The highest BCUT2D eigenvalue weighted by Crippen LogP contribution is 2.09. The molecule has 0 aromatic carbocycles. The van der Waals surface area contributed by atoms with Crippen molar-refractivity contribution in [3.8, 4) is 0 Å². The molecule has 0 amide bonds. The van der Waals surface area contributed by atoms with Gasteiger partial charge in [-0.3, -0.25) is 4.79 Å². The van der Waals surface area contributed by atoms with E-state index in [0.717, 1.165) is 19.5 Å². The molecule has 4 nitrogen and oxygen atoms in total. The van der Waals surface area contributed by atoms with Crippen molar-refractivity contribution in [3.63, 3.8) is 0 Å². The van der Waals surface area contributed by atoms with Crippen molar-refractivity contribution in [2.75, 3.05) is 11.9 Å². The van der Waals surface area contributed by atoms with E-state index in [1.807, 2.05) is 6.07 Å². The van der Waals surface area contributed by atoms with E-state index in [-0.39, 0.29) is 5.56 Å². The van der Waals surface area contributed by atoms with Gasteiger partial charge in [-0.15, -0.1) is 11.3 Å². The second-order valence-corrected chi connectivity index (χ2v) is 5.92. The fraction of sp³-hybridized carbons (Fsp3) is 0.429. The number of aromatic nitrogens is 2. The molecule has 0 saturated carbocycles. The van der Waals surface area contributed by atoms with E-state index >= 15 is 0 Å². The third-order valence-electron chi connectivity index (χ3n) is 2.72. The van der Waals surface area contributed by atoms with Gasteiger partial charge in [-0.2, -0.15) is 0 Å². The number of nitrogens with one attached hydrogen (secondary N) is 1. The second kappa shape index (κ2) is 6.52. The predicted molar refractivity (Wildman–Crippen MR) is 79.8 cm³/mol. The summed E-state index contributed by atoms with van der Waals surface area (Å²) in [7, 11) is 0. The lowest BCUT2D eigenvalue weighted by Crippen LogP contribution is -2.26. The molecule has 0 atom stereocenters. The lowest BCUT2D eigenvalue weighted by molar-refractivity contribution is 0.509. The molecule has 0 aliphatic heterocycles. The molecule has 2 aromatic heterocycles. The zero-order chi connectivity index (χ0) is 13.7. The Labute approximate surface area is 117 Å². The number of rotatable bonds is 6. The molecule has 5 heteroatoms. The van der Waals surface area contributed by atoms with Crippen molar-refractivity contribution in [2.24, 2.45) is 5.92 Å². The Morgan fingerprint density at radius 2 is 2.32 bits per heavy atom. The SMILES string of the molecule is CC(C)Cn1ccnc(NCCc2cccs2)c1=O. The lowest BCUT2D eigenvalue weighted by atomic mass is 10.2. The van der Waals surface area contributed by atoms with Gasteiger partial charge in [-0.05, 0) is 23.8 Å². The summed E-state index contributed by atoms with van der Waals surface area (Å²) in [5.41, 5.74) is -0.0395. The molecule has 102 valence electrons. The fourth-order valence-corrected chi connectivity index (χ4v) is 2.57. The Morgan fingerprint density at radius 3 is 3.00 bits per heavy atom. The van der Waals surface area contributed by atoms with Crippen LogP contribution in [0.25, 0.3) is 0 Å².